The van der Waals surface area contributed by atoms with Gasteiger partial charge < -0.3 is 24.6 Å². The molecule has 2 N–H and O–H groups in total. The van der Waals surface area contributed by atoms with Gasteiger partial charge in [0.1, 0.15) is 5.75 Å². The second kappa shape index (κ2) is 8.67. The van der Waals surface area contributed by atoms with Crippen molar-refractivity contribution in [2.24, 2.45) is 17.8 Å². The lowest BCUT2D eigenvalue weighted by Gasteiger charge is -2.41. The molecular weight excluding hydrogens is 422 g/mol. The third kappa shape index (κ3) is 3.62. The maximum atomic E-state index is 13.5. The van der Waals surface area contributed by atoms with E-state index in [4.69, 9.17) is 4.74 Å². The summed E-state index contributed by atoms with van der Waals surface area (Å²) in [6.07, 6.45) is 2.74. The van der Waals surface area contributed by atoms with Gasteiger partial charge in [-0.3, -0.25) is 14.4 Å². The van der Waals surface area contributed by atoms with E-state index in [0.717, 1.165) is 24.8 Å². The normalized spacial score (nSPS) is 25.8. The molecule has 1 aromatic heterocycles. The van der Waals surface area contributed by atoms with E-state index in [9.17, 15) is 19.5 Å². The first-order chi connectivity index (χ1) is 16.0. The van der Waals surface area contributed by atoms with Crippen LogP contribution in [-0.4, -0.2) is 46.1 Å². The van der Waals surface area contributed by atoms with Crippen molar-refractivity contribution in [1.82, 2.24) is 14.8 Å². The van der Waals surface area contributed by atoms with Gasteiger partial charge in [-0.25, -0.2) is 0 Å². The highest BCUT2D eigenvalue weighted by molar-refractivity contribution is 5.85. The minimum Gasteiger partial charge on any atom is -0.497 e. The molecule has 1 saturated heterocycles. The maximum absolute atomic E-state index is 13.5. The third-order valence-corrected chi connectivity index (χ3v) is 7.53. The molecule has 2 bridgehead atoms. The summed E-state index contributed by atoms with van der Waals surface area (Å²) in [4.78, 5) is 41.4. The van der Waals surface area contributed by atoms with Gasteiger partial charge in [0.25, 0.3) is 5.56 Å². The van der Waals surface area contributed by atoms with Gasteiger partial charge in [0.05, 0.1) is 25.1 Å². The van der Waals surface area contributed by atoms with Crippen LogP contribution in [0.4, 0.5) is 0 Å². The number of aliphatic hydroxyl groups excluding tert-OH is 1. The van der Waals surface area contributed by atoms with E-state index in [0.29, 0.717) is 24.5 Å². The molecule has 4 atom stereocenters. The number of rotatable bonds is 6. The lowest BCUT2D eigenvalue weighted by Crippen LogP contribution is -2.51. The Bertz CT molecular complexity index is 1130. The predicted octanol–water partition coefficient (Wildman–Crippen LogP) is 1.46. The lowest BCUT2D eigenvalue weighted by atomic mass is 9.83. The second-order valence-corrected chi connectivity index (χ2v) is 9.23. The Hall–Kier alpha value is -3.13. The van der Waals surface area contributed by atoms with Crippen molar-refractivity contribution in [2.75, 3.05) is 13.7 Å². The lowest BCUT2D eigenvalue weighted by molar-refractivity contribution is -0.143. The Morgan fingerprint density at radius 2 is 1.97 bits per heavy atom. The third-order valence-electron chi connectivity index (χ3n) is 7.53. The predicted molar refractivity (Wildman–Crippen MR) is 120 cm³/mol. The number of carbonyl (C=O) groups excluding carboxylic acids is 2. The van der Waals surface area contributed by atoms with Gasteiger partial charge in [0, 0.05) is 43.3 Å². The molecule has 2 fully saturated rings. The molecule has 1 saturated carbocycles. The first kappa shape index (κ1) is 21.7. The standard InChI is InChI=1S/C25H29N3O5/c1-33-17-8-2-5-15(11-17)12-26-24(31)22-18(14-29)20-13-27-19(9-4-10-21(27)30)23(22)28(20)25(32)16-6-3-7-16/h2,4-5,8-11,16,18,20,22-23,29H,3,6-7,12-14H2,1H3,(H,26,31)/t18-,20-,22+,23+/m0/s1. The van der Waals surface area contributed by atoms with E-state index in [2.05, 4.69) is 5.32 Å². The largest absolute Gasteiger partial charge is 0.497 e. The van der Waals surface area contributed by atoms with E-state index in [1.807, 2.05) is 35.2 Å². The molecule has 8 nitrogen and oxygen atoms in total. The average molecular weight is 452 g/mol. The molecule has 2 aromatic rings. The Kier molecular flexibility index (Phi) is 5.70. The van der Waals surface area contributed by atoms with Gasteiger partial charge in [-0.05, 0) is 36.6 Å². The summed E-state index contributed by atoms with van der Waals surface area (Å²) in [5.41, 5.74) is 1.42. The van der Waals surface area contributed by atoms with E-state index in [1.54, 1.807) is 17.7 Å². The number of nitrogens with zero attached hydrogens (tertiary/aromatic N) is 2. The number of methoxy groups -OCH3 is 1. The number of ether oxygens (including phenoxy) is 1. The summed E-state index contributed by atoms with van der Waals surface area (Å²) in [5, 5.41) is 13.3. The van der Waals surface area contributed by atoms with Gasteiger partial charge in [-0.1, -0.05) is 24.6 Å². The summed E-state index contributed by atoms with van der Waals surface area (Å²) in [6, 6.07) is 11.5. The zero-order valence-corrected chi connectivity index (χ0v) is 18.6. The van der Waals surface area contributed by atoms with Crippen molar-refractivity contribution in [3.8, 4) is 5.75 Å². The summed E-state index contributed by atoms with van der Waals surface area (Å²) in [7, 11) is 1.59. The Labute approximate surface area is 192 Å². The second-order valence-electron chi connectivity index (χ2n) is 9.23. The van der Waals surface area contributed by atoms with Crippen molar-refractivity contribution in [3.63, 3.8) is 0 Å². The van der Waals surface area contributed by atoms with Crippen LogP contribution in [0.25, 0.3) is 0 Å². The quantitative estimate of drug-likeness (QED) is 0.693. The van der Waals surface area contributed by atoms with Crippen LogP contribution in [0.15, 0.2) is 47.3 Å². The van der Waals surface area contributed by atoms with Crippen molar-refractivity contribution in [2.45, 2.75) is 44.4 Å². The zero-order chi connectivity index (χ0) is 23.1. The Balaban J connectivity index is 1.48. The average Bonchev–Trinajstić information content (AvgIpc) is 3.03. The van der Waals surface area contributed by atoms with Crippen LogP contribution in [0.3, 0.4) is 0 Å². The number of hydrogen-bond donors (Lipinski definition) is 2. The van der Waals surface area contributed by atoms with E-state index in [-0.39, 0.29) is 35.9 Å². The topological polar surface area (TPSA) is 101 Å². The van der Waals surface area contributed by atoms with Gasteiger partial charge in [-0.15, -0.1) is 0 Å². The number of benzene rings is 1. The first-order valence-electron chi connectivity index (χ1n) is 11.6. The molecule has 0 unspecified atom stereocenters. The number of aliphatic hydroxyl groups is 1. The molecule has 0 spiro atoms. The number of amides is 2. The highest BCUT2D eigenvalue weighted by Gasteiger charge is 2.58. The highest BCUT2D eigenvalue weighted by Crippen LogP contribution is 2.49. The molecule has 2 amide bonds. The van der Waals surface area contributed by atoms with Crippen LogP contribution in [-0.2, 0) is 22.7 Å². The van der Waals surface area contributed by atoms with Crippen LogP contribution in [0.2, 0.25) is 0 Å². The minimum atomic E-state index is -0.634. The molecule has 0 radical (unpaired) electrons. The van der Waals surface area contributed by atoms with Crippen molar-refractivity contribution < 1.29 is 19.4 Å². The molecule has 3 aliphatic rings. The smallest absolute Gasteiger partial charge is 0.250 e. The first-order valence-corrected chi connectivity index (χ1v) is 11.6. The van der Waals surface area contributed by atoms with Gasteiger partial charge in [-0.2, -0.15) is 0 Å². The van der Waals surface area contributed by atoms with E-state index in [1.165, 1.54) is 6.07 Å². The van der Waals surface area contributed by atoms with E-state index >= 15 is 0 Å². The number of fused-ring (bicyclic) bond motifs is 4. The molecule has 2 aliphatic heterocycles. The SMILES string of the molecule is COc1cccc(CNC(=O)[C@@H]2[C@@H](CO)[C@@H]3Cn4c(cccc4=O)[C@H]2N3C(=O)C2CCC2)c1. The number of aromatic nitrogens is 1. The molecule has 5 rings (SSSR count). The summed E-state index contributed by atoms with van der Waals surface area (Å²) < 4.78 is 6.92. The summed E-state index contributed by atoms with van der Waals surface area (Å²) in [6.45, 7) is 0.380. The molecule has 8 heteroatoms. The van der Waals surface area contributed by atoms with Gasteiger partial charge >= 0.3 is 0 Å². The molecule has 33 heavy (non-hydrogen) atoms. The van der Waals surface area contributed by atoms with Crippen molar-refractivity contribution in [3.05, 3.63) is 64.1 Å². The van der Waals surface area contributed by atoms with Crippen LogP contribution in [0.5, 0.6) is 5.75 Å². The van der Waals surface area contributed by atoms with Crippen LogP contribution in [0, 0.1) is 17.8 Å². The van der Waals surface area contributed by atoms with Crippen molar-refractivity contribution >= 4 is 11.8 Å². The van der Waals surface area contributed by atoms with Crippen molar-refractivity contribution in [1.29, 1.82) is 0 Å². The molecule has 174 valence electrons. The van der Waals surface area contributed by atoms with Gasteiger partial charge in [0.2, 0.25) is 11.8 Å². The highest BCUT2D eigenvalue weighted by atomic mass is 16.5. The number of hydrogen-bond acceptors (Lipinski definition) is 5. The summed E-state index contributed by atoms with van der Waals surface area (Å²) in [5.74, 6) is -0.582. The van der Waals surface area contributed by atoms with Gasteiger partial charge in [0.15, 0.2) is 0 Å². The summed E-state index contributed by atoms with van der Waals surface area (Å²) >= 11 is 0. The monoisotopic (exact) mass is 451 g/mol. The van der Waals surface area contributed by atoms with E-state index < -0.39 is 17.9 Å². The fraction of sp³-hybridized carbons (Fsp3) is 0.480. The fourth-order valence-corrected chi connectivity index (χ4v) is 5.61. The fourth-order valence-electron chi connectivity index (χ4n) is 5.61. The molecule has 1 aromatic carbocycles. The molecule has 3 heterocycles. The number of pyridine rings is 1. The minimum absolute atomic E-state index is 0.0325. The Morgan fingerprint density at radius 3 is 2.67 bits per heavy atom. The molecule has 1 aliphatic carbocycles. The van der Waals surface area contributed by atoms with Crippen LogP contribution in [0.1, 0.15) is 36.6 Å². The number of nitrogens with one attached hydrogen (secondary N) is 1. The zero-order valence-electron chi connectivity index (χ0n) is 18.6. The number of carbonyl (C=O) groups is 2. The maximum Gasteiger partial charge on any atom is 0.250 e. The van der Waals surface area contributed by atoms with Crippen LogP contribution >= 0.6 is 0 Å². The Morgan fingerprint density at radius 1 is 1.18 bits per heavy atom. The van der Waals surface area contributed by atoms with Crippen LogP contribution < -0.4 is 15.6 Å². The molecular formula is C25H29N3O5.